The van der Waals surface area contributed by atoms with Gasteiger partial charge in [-0.15, -0.1) is 0 Å². The third-order valence-electron chi connectivity index (χ3n) is 5.14. The largest absolute Gasteiger partial charge is 0.467 e. The Morgan fingerprint density at radius 3 is 2.28 bits per heavy atom. The first-order valence-electron chi connectivity index (χ1n) is 10.7. The van der Waals surface area contributed by atoms with Crippen molar-refractivity contribution >= 4 is 11.8 Å². The standard InChI is InChI=1S/C26H29FN2O3/c1-19(2)15-29(26(31)24-9-5-4-7-20(24)3)18-25(30)28(17-23-8-6-14-32-23)16-21-10-12-22(27)13-11-21/h4-14,19H,15-18H2,1-3H3. The molecule has 0 saturated heterocycles. The molecule has 168 valence electrons. The van der Waals surface area contributed by atoms with E-state index in [1.807, 2.05) is 39.0 Å². The molecule has 3 aromatic rings. The molecule has 0 aliphatic rings. The predicted octanol–water partition coefficient (Wildman–Crippen LogP) is 5.05. The minimum Gasteiger partial charge on any atom is -0.467 e. The van der Waals surface area contributed by atoms with Gasteiger partial charge in [0.15, 0.2) is 0 Å². The third kappa shape index (κ3) is 6.30. The van der Waals surface area contributed by atoms with Crippen LogP contribution < -0.4 is 0 Å². The van der Waals surface area contributed by atoms with Crippen molar-refractivity contribution in [3.63, 3.8) is 0 Å². The van der Waals surface area contributed by atoms with E-state index < -0.39 is 0 Å². The summed E-state index contributed by atoms with van der Waals surface area (Å²) in [5.74, 6) is 0.148. The number of carbonyl (C=O) groups excluding carboxylic acids is 2. The molecule has 0 atom stereocenters. The van der Waals surface area contributed by atoms with Crippen LogP contribution in [0.15, 0.2) is 71.3 Å². The highest BCUT2D eigenvalue weighted by atomic mass is 19.1. The Balaban J connectivity index is 1.82. The van der Waals surface area contributed by atoms with E-state index >= 15 is 0 Å². The lowest BCUT2D eigenvalue weighted by Gasteiger charge is -2.29. The highest BCUT2D eigenvalue weighted by Crippen LogP contribution is 2.16. The molecule has 0 aliphatic heterocycles. The van der Waals surface area contributed by atoms with E-state index in [4.69, 9.17) is 4.42 Å². The van der Waals surface area contributed by atoms with Crippen LogP contribution in [-0.2, 0) is 17.9 Å². The van der Waals surface area contributed by atoms with E-state index in [0.717, 1.165) is 11.1 Å². The van der Waals surface area contributed by atoms with Crippen molar-refractivity contribution < 1.29 is 18.4 Å². The highest BCUT2D eigenvalue weighted by Gasteiger charge is 2.24. The molecule has 2 aromatic carbocycles. The molecule has 1 aromatic heterocycles. The van der Waals surface area contributed by atoms with Crippen molar-refractivity contribution in [3.8, 4) is 0 Å². The molecule has 0 saturated carbocycles. The topological polar surface area (TPSA) is 53.8 Å². The number of hydrogen-bond donors (Lipinski definition) is 0. The summed E-state index contributed by atoms with van der Waals surface area (Å²) in [4.78, 5) is 29.9. The molecule has 32 heavy (non-hydrogen) atoms. The highest BCUT2D eigenvalue weighted by molar-refractivity contribution is 5.97. The second-order valence-electron chi connectivity index (χ2n) is 8.35. The lowest BCUT2D eigenvalue weighted by atomic mass is 10.1. The number of nitrogens with zero attached hydrogens (tertiary/aromatic N) is 2. The maximum atomic E-state index is 13.4. The predicted molar refractivity (Wildman–Crippen MR) is 121 cm³/mol. The van der Waals surface area contributed by atoms with Crippen LogP contribution in [-0.4, -0.2) is 34.7 Å². The summed E-state index contributed by atoms with van der Waals surface area (Å²) in [5, 5.41) is 0. The fourth-order valence-electron chi connectivity index (χ4n) is 3.54. The van der Waals surface area contributed by atoms with Crippen molar-refractivity contribution in [1.29, 1.82) is 0 Å². The quantitative estimate of drug-likeness (QED) is 0.471. The van der Waals surface area contributed by atoms with Crippen LogP contribution in [0.1, 0.15) is 41.1 Å². The van der Waals surface area contributed by atoms with E-state index in [9.17, 15) is 14.0 Å². The van der Waals surface area contributed by atoms with E-state index in [1.54, 1.807) is 46.4 Å². The normalized spacial score (nSPS) is 10.9. The Kier molecular flexibility index (Phi) is 7.82. The molecule has 3 rings (SSSR count). The SMILES string of the molecule is Cc1ccccc1C(=O)N(CC(=O)N(Cc1ccc(F)cc1)Cc1ccco1)CC(C)C. The van der Waals surface area contributed by atoms with E-state index in [-0.39, 0.29) is 43.2 Å². The summed E-state index contributed by atoms with van der Waals surface area (Å²) in [6.07, 6.45) is 1.56. The van der Waals surface area contributed by atoms with Crippen LogP contribution in [0.2, 0.25) is 0 Å². The summed E-state index contributed by atoms with van der Waals surface area (Å²) in [7, 11) is 0. The van der Waals surface area contributed by atoms with Crippen molar-refractivity contribution in [3.05, 3.63) is 95.2 Å². The molecule has 5 nitrogen and oxygen atoms in total. The molecule has 2 amide bonds. The Morgan fingerprint density at radius 2 is 1.66 bits per heavy atom. The van der Waals surface area contributed by atoms with Gasteiger partial charge in [-0.1, -0.05) is 44.2 Å². The van der Waals surface area contributed by atoms with Crippen molar-refractivity contribution in [2.45, 2.75) is 33.9 Å². The monoisotopic (exact) mass is 436 g/mol. The number of benzene rings is 2. The van der Waals surface area contributed by atoms with Gasteiger partial charge in [-0.25, -0.2) is 4.39 Å². The molecule has 0 unspecified atom stereocenters. The second kappa shape index (κ2) is 10.8. The van der Waals surface area contributed by atoms with E-state index in [2.05, 4.69) is 0 Å². The number of amides is 2. The maximum absolute atomic E-state index is 13.4. The van der Waals surface area contributed by atoms with Crippen LogP contribution >= 0.6 is 0 Å². The zero-order chi connectivity index (χ0) is 23.1. The lowest BCUT2D eigenvalue weighted by molar-refractivity contribution is -0.133. The zero-order valence-electron chi connectivity index (χ0n) is 18.8. The first-order valence-corrected chi connectivity index (χ1v) is 10.7. The average molecular weight is 437 g/mol. The first-order chi connectivity index (χ1) is 15.3. The molecule has 0 bridgehead atoms. The van der Waals surface area contributed by atoms with Gasteiger partial charge < -0.3 is 14.2 Å². The number of carbonyl (C=O) groups is 2. The van der Waals surface area contributed by atoms with Crippen molar-refractivity contribution in [2.24, 2.45) is 5.92 Å². The fraction of sp³-hybridized carbons (Fsp3) is 0.308. The number of rotatable bonds is 9. The van der Waals surface area contributed by atoms with Gasteiger partial charge in [-0.3, -0.25) is 9.59 Å². The van der Waals surface area contributed by atoms with Gasteiger partial charge in [0.25, 0.3) is 5.91 Å². The Bertz CT molecular complexity index is 1030. The third-order valence-corrected chi connectivity index (χ3v) is 5.14. The van der Waals surface area contributed by atoms with Crippen molar-refractivity contribution in [2.75, 3.05) is 13.1 Å². The first kappa shape index (κ1) is 23.3. The van der Waals surface area contributed by atoms with Gasteiger partial charge in [-0.2, -0.15) is 0 Å². The molecule has 0 spiro atoms. The zero-order valence-corrected chi connectivity index (χ0v) is 18.8. The number of aryl methyl sites for hydroxylation is 1. The lowest BCUT2D eigenvalue weighted by Crippen LogP contribution is -2.44. The van der Waals surface area contributed by atoms with Gasteiger partial charge in [0.2, 0.25) is 5.91 Å². The summed E-state index contributed by atoms with van der Waals surface area (Å²) in [5.41, 5.74) is 2.27. The molecule has 6 heteroatoms. The van der Waals surface area contributed by atoms with Crippen LogP contribution in [0.5, 0.6) is 0 Å². The molecule has 0 fully saturated rings. The summed E-state index contributed by atoms with van der Waals surface area (Å²) in [6.45, 7) is 6.88. The summed E-state index contributed by atoms with van der Waals surface area (Å²) < 4.78 is 18.8. The maximum Gasteiger partial charge on any atom is 0.254 e. The van der Waals surface area contributed by atoms with Gasteiger partial charge in [0.1, 0.15) is 18.1 Å². The minimum absolute atomic E-state index is 0.0484. The molecule has 0 N–H and O–H groups in total. The Morgan fingerprint density at radius 1 is 0.938 bits per heavy atom. The molecular formula is C26H29FN2O3. The number of furan rings is 1. The number of hydrogen-bond acceptors (Lipinski definition) is 3. The van der Waals surface area contributed by atoms with Crippen molar-refractivity contribution in [1.82, 2.24) is 9.80 Å². The molecule has 0 aliphatic carbocycles. The van der Waals surface area contributed by atoms with Gasteiger partial charge in [0.05, 0.1) is 12.8 Å². The van der Waals surface area contributed by atoms with E-state index in [0.29, 0.717) is 17.9 Å². The van der Waals surface area contributed by atoms with Crippen LogP contribution in [0.4, 0.5) is 4.39 Å². The minimum atomic E-state index is -0.329. The molecular weight excluding hydrogens is 407 g/mol. The molecule has 1 heterocycles. The van der Waals surface area contributed by atoms with Gasteiger partial charge in [0, 0.05) is 18.7 Å². The fourth-order valence-corrected chi connectivity index (χ4v) is 3.54. The molecule has 0 radical (unpaired) electrons. The average Bonchev–Trinajstić information content (AvgIpc) is 3.27. The number of halogens is 1. The smallest absolute Gasteiger partial charge is 0.254 e. The second-order valence-corrected chi connectivity index (χ2v) is 8.35. The summed E-state index contributed by atoms with van der Waals surface area (Å²) >= 11 is 0. The van der Waals surface area contributed by atoms with Crippen LogP contribution in [0.3, 0.4) is 0 Å². The van der Waals surface area contributed by atoms with Gasteiger partial charge >= 0.3 is 0 Å². The summed E-state index contributed by atoms with van der Waals surface area (Å²) in [6, 6.07) is 17.0. The van der Waals surface area contributed by atoms with Crippen LogP contribution in [0, 0.1) is 18.7 Å². The van der Waals surface area contributed by atoms with Gasteiger partial charge in [-0.05, 0) is 54.3 Å². The Hall–Kier alpha value is -3.41. The van der Waals surface area contributed by atoms with Crippen LogP contribution in [0.25, 0.3) is 0 Å². The Labute approximate surface area is 188 Å². The van der Waals surface area contributed by atoms with E-state index in [1.165, 1.54) is 12.1 Å².